The predicted molar refractivity (Wildman–Crippen MR) is 151 cm³/mol. The van der Waals surface area contributed by atoms with Gasteiger partial charge in [0.15, 0.2) is 0 Å². The van der Waals surface area contributed by atoms with Crippen LogP contribution >= 0.6 is 23.5 Å². The van der Waals surface area contributed by atoms with Crippen molar-refractivity contribution >= 4 is 29.5 Å². The second-order valence-corrected chi connectivity index (χ2v) is 17.0. The Morgan fingerprint density at radius 3 is 2.53 bits per heavy atom. The molecule has 0 radical (unpaired) electrons. The summed E-state index contributed by atoms with van der Waals surface area (Å²) < 4.78 is 13.5. The first kappa shape index (κ1) is 26.4. The number of hydrogen-bond donors (Lipinski definition) is 0. The Hall–Kier alpha value is 0.130. The van der Waals surface area contributed by atoms with Crippen LogP contribution < -0.4 is 0 Å². The smallest absolute Gasteiger partial charge is 0.302 e. The number of fused-ring (bicyclic) bond motifs is 7. The monoisotopic (exact) mass is 534 g/mol. The van der Waals surface area contributed by atoms with Crippen molar-refractivity contribution < 1.29 is 14.3 Å². The van der Waals surface area contributed by atoms with Crippen molar-refractivity contribution in [3.63, 3.8) is 0 Å². The topological polar surface area (TPSA) is 35.5 Å². The minimum absolute atomic E-state index is 0.0959. The van der Waals surface area contributed by atoms with Gasteiger partial charge in [-0.05, 0) is 116 Å². The molecule has 0 spiro atoms. The van der Waals surface area contributed by atoms with Crippen LogP contribution in [0.3, 0.4) is 0 Å². The number of carbonyl (C=O) groups is 1. The maximum atomic E-state index is 11.6. The molecule has 0 aromatic rings. The SMILES string of the molecule is CC(=O)O[C@H]1CC[C@@]2(C)[C@@H](CC[C@@H]3[C@@H]2CC[C@]2(C)[C@H]4[C@H](C)[C@@H](CC[C@@H](C)C5SCCS5)O[C@H]4C[C@@H]32)C1. The third-order valence-electron chi connectivity index (χ3n) is 12.6. The second kappa shape index (κ2) is 9.95. The van der Waals surface area contributed by atoms with Crippen molar-refractivity contribution in [3.8, 4) is 0 Å². The molecule has 0 amide bonds. The summed E-state index contributed by atoms with van der Waals surface area (Å²) in [5.41, 5.74) is 0.918. The molecule has 5 heteroatoms. The Bertz CT molecular complexity index is 829. The van der Waals surface area contributed by atoms with Gasteiger partial charge in [-0.2, -0.15) is 0 Å². The first-order chi connectivity index (χ1) is 17.2. The average Bonchev–Trinajstić information content (AvgIpc) is 3.54. The highest BCUT2D eigenvalue weighted by molar-refractivity contribution is 8.20. The summed E-state index contributed by atoms with van der Waals surface area (Å²) in [5, 5.41) is 0. The number of rotatable bonds is 5. The summed E-state index contributed by atoms with van der Waals surface area (Å²) in [7, 11) is 0. The number of carbonyl (C=O) groups excluding carboxylic acids is 1. The van der Waals surface area contributed by atoms with E-state index in [1.807, 2.05) is 0 Å². The molecule has 0 aromatic heterocycles. The van der Waals surface area contributed by atoms with Gasteiger partial charge >= 0.3 is 5.97 Å². The van der Waals surface area contributed by atoms with Gasteiger partial charge in [0, 0.05) is 18.4 Å². The van der Waals surface area contributed by atoms with Crippen LogP contribution in [0.1, 0.15) is 98.8 Å². The molecule has 36 heavy (non-hydrogen) atoms. The van der Waals surface area contributed by atoms with E-state index >= 15 is 0 Å². The maximum absolute atomic E-state index is 11.6. The van der Waals surface area contributed by atoms with Crippen LogP contribution in [0.2, 0.25) is 0 Å². The van der Waals surface area contributed by atoms with E-state index in [1.165, 1.54) is 62.9 Å². The van der Waals surface area contributed by atoms with E-state index in [-0.39, 0.29) is 12.1 Å². The van der Waals surface area contributed by atoms with Crippen LogP contribution in [0.5, 0.6) is 0 Å². The normalized spacial score (nSPS) is 51.2. The van der Waals surface area contributed by atoms with Gasteiger partial charge in [0.05, 0.1) is 16.8 Å². The lowest BCUT2D eigenvalue weighted by molar-refractivity contribution is -0.160. The van der Waals surface area contributed by atoms with E-state index in [1.54, 1.807) is 6.92 Å². The first-order valence-electron chi connectivity index (χ1n) is 15.3. The fraction of sp³-hybridized carbons (Fsp3) is 0.968. The van der Waals surface area contributed by atoms with Gasteiger partial charge < -0.3 is 9.47 Å². The van der Waals surface area contributed by atoms with Crippen molar-refractivity contribution in [3.05, 3.63) is 0 Å². The molecule has 4 aliphatic carbocycles. The van der Waals surface area contributed by atoms with E-state index in [9.17, 15) is 4.79 Å². The van der Waals surface area contributed by atoms with E-state index in [0.717, 1.165) is 52.9 Å². The van der Waals surface area contributed by atoms with E-state index in [2.05, 4.69) is 51.2 Å². The summed E-state index contributed by atoms with van der Waals surface area (Å²) >= 11 is 4.37. The van der Waals surface area contributed by atoms with Gasteiger partial charge in [-0.1, -0.05) is 27.7 Å². The molecule has 0 bridgehead atoms. The molecule has 12 atom stereocenters. The minimum atomic E-state index is -0.0959. The lowest BCUT2D eigenvalue weighted by Gasteiger charge is -2.61. The largest absolute Gasteiger partial charge is 0.463 e. The zero-order valence-electron chi connectivity index (χ0n) is 23.4. The highest BCUT2D eigenvalue weighted by Crippen LogP contribution is 2.70. The van der Waals surface area contributed by atoms with E-state index in [4.69, 9.17) is 9.47 Å². The Morgan fingerprint density at radius 1 is 1.03 bits per heavy atom. The van der Waals surface area contributed by atoms with Crippen LogP contribution in [-0.2, 0) is 14.3 Å². The van der Waals surface area contributed by atoms with Crippen molar-refractivity contribution in [1.82, 2.24) is 0 Å². The average molecular weight is 535 g/mol. The molecule has 2 aliphatic heterocycles. The van der Waals surface area contributed by atoms with E-state index < -0.39 is 0 Å². The Morgan fingerprint density at radius 2 is 1.78 bits per heavy atom. The second-order valence-electron chi connectivity index (χ2n) is 14.2. The molecule has 3 nitrogen and oxygen atoms in total. The molecular formula is C31H50O3S2. The highest BCUT2D eigenvalue weighted by atomic mass is 32.2. The molecule has 6 aliphatic rings. The molecule has 0 N–H and O–H groups in total. The summed E-state index contributed by atoms with van der Waals surface area (Å²) in [4.78, 5) is 11.6. The third-order valence-corrected chi connectivity index (χ3v) is 16.1. The van der Waals surface area contributed by atoms with E-state index in [0.29, 0.717) is 29.0 Å². The summed E-state index contributed by atoms with van der Waals surface area (Å²) in [5.74, 6) is 8.21. The van der Waals surface area contributed by atoms with Crippen LogP contribution in [0.25, 0.3) is 0 Å². The molecule has 4 saturated carbocycles. The maximum Gasteiger partial charge on any atom is 0.302 e. The van der Waals surface area contributed by atoms with Crippen LogP contribution in [0.4, 0.5) is 0 Å². The fourth-order valence-corrected chi connectivity index (χ4v) is 14.0. The van der Waals surface area contributed by atoms with Gasteiger partial charge in [-0.25, -0.2) is 0 Å². The highest BCUT2D eigenvalue weighted by Gasteiger charge is 2.65. The zero-order valence-corrected chi connectivity index (χ0v) is 25.0. The molecule has 0 unspecified atom stereocenters. The molecule has 6 rings (SSSR count). The standard InChI is InChI=1S/C31H50O3S2/c1-18(29-35-14-15-36-29)6-9-26-19(2)28-27(34-26)17-25-23-8-7-21-16-22(33-20(3)32)10-12-30(21,4)24(23)11-13-31(25,28)5/h18-19,21-29H,6-17H2,1-5H3/t18-,19-,21+,22+,23-,24+,25+,26-,27+,28+,30+,31+/m1/s1. The lowest BCUT2D eigenvalue weighted by atomic mass is 9.44. The van der Waals surface area contributed by atoms with Gasteiger partial charge in [-0.3, -0.25) is 4.79 Å². The number of esters is 1. The molecule has 204 valence electrons. The fourth-order valence-electron chi connectivity index (χ4n) is 10.8. The summed E-state index contributed by atoms with van der Waals surface area (Å²) in [6, 6.07) is 0. The number of hydrogen-bond acceptors (Lipinski definition) is 5. The van der Waals surface area contributed by atoms with Crippen molar-refractivity contribution in [2.75, 3.05) is 11.5 Å². The molecule has 0 aromatic carbocycles. The number of ether oxygens (including phenoxy) is 2. The quantitative estimate of drug-likeness (QED) is 0.336. The minimum Gasteiger partial charge on any atom is -0.463 e. The van der Waals surface area contributed by atoms with Crippen molar-refractivity contribution in [1.29, 1.82) is 0 Å². The Balaban J connectivity index is 1.11. The summed E-state index contributed by atoms with van der Waals surface area (Å²) in [6.45, 7) is 11.9. The molecule has 2 saturated heterocycles. The van der Waals surface area contributed by atoms with Crippen LogP contribution in [-0.4, -0.2) is 40.4 Å². The third kappa shape index (κ3) is 4.32. The van der Waals surface area contributed by atoms with Crippen molar-refractivity contribution in [2.24, 2.45) is 52.3 Å². The number of thioether (sulfide) groups is 2. The zero-order chi connectivity index (χ0) is 25.2. The van der Waals surface area contributed by atoms with Crippen molar-refractivity contribution in [2.45, 2.75) is 122 Å². The molecule has 6 fully saturated rings. The summed E-state index contributed by atoms with van der Waals surface area (Å²) in [6.07, 6.45) is 14.0. The lowest BCUT2D eigenvalue weighted by Crippen LogP contribution is -2.54. The Kier molecular flexibility index (Phi) is 7.29. The van der Waals surface area contributed by atoms with Gasteiger partial charge in [0.25, 0.3) is 0 Å². The molecular weight excluding hydrogens is 484 g/mol. The van der Waals surface area contributed by atoms with Crippen LogP contribution in [0.15, 0.2) is 0 Å². The predicted octanol–water partition coefficient (Wildman–Crippen LogP) is 7.81. The van der Waals surface area contributed by atoms with Crippen LogP contribution in [0, 0.1) is 52.3 Å². The van der Waals surface area contributed by atoms with Gasteiger partial charge in [0.1, 0.15) is 6.10 Å². The van der Waals surface area contributed by atoms with Gasteiger partial charge in [-0.15, -0.1) is 23.5 Å². The Labute approximate surface area is 228 Å². The molecule has 2 heterocycles. The first-order valence-corrected chi connectivity index (χ1v) is 17.4. The van der Waals surface area contributed by atoms with Gasteiger partial charge in [0.2, 0.25) is 0 Å².